The molecular weight excluding hydrogens is 380 g/mol. The summed E-state index contributed by atoms with van der Waals surface area (Å²) in [5.74, 6) is 3.73. The number of nitrogens with zero attached hydrogens (tertiary/aromatic N) is 4. The van der Waals surface area contributed by atoms with Gasteiger partial charge in [-0.05, 0) is 32.0 Å². The normalized spacial score (nSPS) is 13.1. The molecule has 1 aromatic carbocycles. The smallest absolute Gasteiger partial charge is 0.231 e. The topological polar surface area (TPSA) is 62.1 Å². The van der Waals surface area contributed by atoms with E-state index in [4.69, 9.17) is 14.5 Å². The second kappa shape index (κ2) is 7.52. The zero-order valence-electron chi connectivity index (χ0n) is 15.8. The molecule has 0 saturated heterocycles. The Kier molecular flexibility index (Phi) is 5.10. The van der Waals surface area contributed by atoms with Crippen LogP contribution < -0.4 is 9.47 Å². The van der Waals surface area contributed by atoms with Crippen LogP contribution in [0.15, 0.2) is 28.7 Å². The highest BCUT2D eigenvalue weighted by molar-refractivity contribution is 7.98. The third-order valence-corrected chi connectivity index (χ3v) is 6.16. The first-order valence-electron chi connectivity index (χ1n) is 8.95. The summed E-state index contributed by atoms with van der Waals surface area (Å²) in [7, 11) is 0. The highest BCUT2D eigenvalue weighted by atomic mass is 32.2. The van der Waals surface area contributed by atoms with E-state index in [1.807, 2.05) is 18.2 Å². The van der Waals surface area contributed by atoms with Crippen LogP contribution in [0.2, 0.25) is 0 Å². The van der Waals surface area contributed by atoms with Crippen molar-refractivity contribution in [1.82, 2.24) is 19.7 Å². The molecule has 3 heterocycles. The quantitative estimate of drug-likeness (QED) is 0.533. The van der Waals surface area contributed by atoms with Gasteiger partial charge < -0.3 is 14.0 Å². The number of rotatable bonds is 6. The zero-order valence-corrected chi connectivity index (χ0v) is 17.4. The lowest BCUT2D eigenvalue weighted by Gasteiger charge is -2.15. The highest BCUT2D eigenvalue weighted by Gasteiger charge is 2.19. The SMILES string of the molecule is CC(C)c1nnc(SCc2csc(-c3ccc4c(c3)OCO4)n2)n1C(C)C. The maximum absolute atomic E-state index is 5.46. The van der Waals surface area contributed by atoms with Crippen molar-refractivity contribution in [3.8, 4) is 22.1 Å². The average Bonchev–Trinajstić information content (AvgIpc) is 3.37. The van der Waals surface area contributed by atoms with Gasteiger partial charge in [0.1, 0.15) is 10.8 Å². The van der Waals surface area contributed by atoms with Crippen molar-refractivity contribution in [3.05, 3.63) is 35.1 Å². The van der Waals surface area contributed by atoms with Crippen LogP contribution in [0.3, 0.4) is 0 Å². The molecule has 0 saturated carbocycles. The van der Waals surface area contributed by atoms with Crippen molar-refractivity contribution < 1.29 is 9.47 Å². The minimum absolute atomic E-state index is 0.285. The number of thioether (sulfide) groups is 1. The lowest BCUT2D eigenvalue weighted by Crippen LogP contribution is -2.09. The van der Waals surface area contributed by atoms with Crippen molar-refractivity contribution in [2.45, 2.75) is 50.6 Å². The predicted molar refractivity (Wildman–Crippen MR) is 108 cm³/mol. The Morgan fingerprint density at radius 2 is 1.96 bits per heavy atom. The number of hydrogen-bond acceptors (Lipinski definition) is 7. The molecule has 0 fully saturated rings. The molecule has 27 heavy (non-hydrogen) atoms. The largest absolute Gasteiger partial charge is 0.454 e. The van der Waals surface area contributed by atoms with Gasteiger partial charge in [-0.1, -0.05) is 25.6 Å². The molecule has 1 aliphatic rings. The lowest BCUT2D eigenvalue weighted by molar-refractivity contribution is 0.174. The van der Waals surface area contributed by atoms with Gasteiger partial charge >= 0.3 is 0 Å². The maximum Gasteiger partial charge on any atom is 0.231 e. The summed E-state index contributed by atoms with van der Waals surface area (Å²) in [6, 6.07) is 6.28. The van der Waals surface area contributed by atoms with Crippen LogP contribution in [0, 0.1) is 0 Å². The molecule has 6 nitrogen and oxygen atoms in total. The summed E-state index contributed by atoms with van der Waals surface area (Å²) in [6.45, 7) is 8.91. The van der Waals surface area contributed by atoms with Gasteiger partial charge in [0.05, 0.1) is 5.69 Å². The number of ether oxygens (including phenoxy) is 2. The number of thiazole rings is 1. The molecule has 0 bridgehead atoms. The summed E-state index contributed by atoms with van der Waals surface area (Å²) in [4.78, 5) is 4.78. The van der Waals surface area contributed by atoms with Crippen molar-refractivity contribution in [2.75, 3.05) is 6.79 Å². The molecule has 2 aromatic heterocycles. The molecule has 0 spiro atoms. The Morgan fingerprint density at radius 1 is 1.15 bits per heavy atom. The summed E-state index contributed by atoms with van der Waals surface area (Å²) in [5.41, 5.74) is 2.09. The average molecular weight is 403 g/mol. The Hall–Kier alpha value is -2.06. The van der Waals surface area contributed by atoms with Gasteiger partial charge in [0.25, 0.3) is 0 Å². The predicted octanol–water partition coefficient (Wildman–Crippen LogP) is 5.13. The molecule has 0 atom stereocenters. The Morgan fingerprint density at radius 3 is 2.74 bits per heavy atom. The van der Waals surface area contributed by atoms with Crippen molar-refractivity contribution in [3.63, 3.8) is 0 Å². The van der Waals surface area contributed by atoms with Gasteiger partial charge in [-0.3, -0.25) is 0 Å². The van der Waals surface area contributed by atoms with Crippen LogP contribution in [-0.4, -0.2) is 26.5 Å². The van der Waals surface area contributed by atoms with E-state index in [-0.39, 0.29) is 6.79 Å². The van der Waals surface area contributed by atoms with E-state index in [0.29, 0.717) is 12.0 Å². The first kappa shape index (κ1) is 18.3. The number of benzene rings is 1. The van der Waals surface area contributed by atoms with E-state index in [2.05, 4.69) is 47.8 Å². The van der Waals surface area contributed by atoms with Gasteiger partial charge in [-0.15, -0.1) is 21.5 Å². The Balaban J connectivity index is 1.49. The van der Waals surface area contributed by atoms with Crippen molar-refractivity contribution >= 4 is 23.1 Å². The van der Waals surface area contributed by atoms with Gasteiger partial charge in [0, 0.05) is 28.7 Å². The first-order chi connectivity index (χ1) is 13.0. The minimum Gasteiger partial charge on any atom is -0.454 e. The molecule has 8 heteroatoms. The number of aromatic nitrogens is 4. The highest BCUT2D eigenvalue weighted by Crippen LogP contribution is 2.37. The van der Waals surface area contributed by atoms with Crippen LogP contribution >= 0.6 is 23.1 Å². The fourth-order valence-corrected chi connectivity index (χ4v) is 4.83. The number of hydrogen-bond donors (Lipinski definition) is 0. The van der Waals surface area contributed by atoms with Gasteiger partial charge in [-0.25, -0.2) is 4.98 Å². The molecule has 1 aliphatic heterocycles. The second-order valence-corrected chi connectivity index (χ2v) is 8.76. The van der Waals surface area contributed by atoms with Gasteiger partial charge in [0.15, 0.2) is 16.7 Å². The molecule has 0 unspecified atom stereocenters. The molecule has 0 radical (unpaired) electrons. The molecule has 0 amide bonds. The number of fused-ring (bicyclic) bond motifs is 1. The fraction of sp³-hybridized carbons (Fsp3) is 0.421. The van der Waals surface area contributed by atoms with Crippen LogP contribution in [0.1, 0.15) is 51.2 Å². The third-order valence-electron chi connectivity index (χ3n) is 4.24. The fourth-order valence-electron chi connectivity index (χ4n) is 2.94. The van der Waals surface area contributed by atoms with E-state index in [1.54, 1.807) is 23.1 Å². The Bertz CT molecular complexity index is 949. The van der Waals surface area contributed by atoms with Crippen molar-refractivity contribution in [1.29, 1.82) is 0 Å². The van der Waals surface area contributed by atoms with Gasteiger partial charge in [0.2, 0.25) is 6.79 Å². The van der Waals surface area contributed by atoms with Crippen LogP contribution in [0.5, 0.6) is 11.5 Å². The van der Waals surface area contributed by atoms with Gasteiger partial charge in [-0.2, -0.15) is 0 Å². The molecule has 4 rings (SSSR count). The zero-order chi connectivity index (χ0) is 19.0. The molecule has 0 aliphatic carbocycles. The van der Waals surface area contributed by atoms with E-state index in [1.165, 1.54) is 0 Å². The minimum atomic E-state index is 0.285. The monoisotopic (exact) mass is 402 g/mol. The molecule has 142 valence electrons. The maximum atomic E-state index is 5.46. The third kappa shape index (κ3) is 3.68. The molecule has 0 N–H and O–H groups in total. The van der Waals surface area contributed by atoms with Crippen LogP contribution in [-0.2, 0) is 5.75 Å². The summed E-state index contributed by atoms with van der Waals surface area (Å²) < 4.78 is 13.1. The van der Waals surface area contributed by atoms with E-state index in [9.17, 15) is 0 Å². The standard InChI is InChI=1S/C19H22N4O2S2/c1-11(2)17-21-22-19(23(17)12(3)4)27-9-14-8-26-18(20-14)13-5-6-15-16(7-13)25-10-24-15/h5-8,11-12H,9-10H2,1-4H3. The van der Waals surface area contributed by atoms with Crippen LogP contribution in [0.25, 0.3) is 10.6 Å². The summed E-state index contributed by atoms with van der Waals surface area (Å²) >= 11 is 3.32. The summed E-state index contributed by atoms with van der Waals surface area (Å²) in [6.07, 6.45) is 0. The van der Waals surface area contributed by atoms with E-state index >= 15 is 0 Å². The molecule has 3 aromatic rings. The first-order valence-corrected chi connectivity index (χ1v) is 10.8. The van der Waals surface area contributed by atoms with Crippen LogP contribution in [0.4, 0.5) is 0 Å². The van der Waals surface area contributed by atoms with Crippen molar-refractivity contribution in [2.24, 2.45) is 0 Å². The Labute approximate surface area is 166 Å². The van der Waals surface area contributed by atoms with E-state index < -0.39 is 0 Å². The summed E-state index contributed by atoms with van der Waals surface area (Å²) in [5, 5.41) is 12.8. The molecular formula is C19H22N4O2S2. The second-order valence-electron chi connectivity index (χ2n) is 6.96. The van der Waals surface area contributed by atoms with E-state index in [0.717, 1.165) is 44.5 Å². The lowest BCUT2D eigenvalue weighted by atomic mass is 10.2.